The minimum Gasteiger partial charge on any atom is -0.494 e. The second-order valence-corrected chi connectivity index (χ2v) is 10.6. The molecule has 12 nitrogen and oxygen atoms in total. The van der Waals surface area contributed by atoms with E-state index in [9.17, 15) is 13.5 Å². The van der Waals surface area contributed by atoms with Crippen molar-refractivity contribution in [3.05, 3.63) is 65.7 Å². The minimum absolute atomic E-state index is 0.0778. The highest BCUT2D eigenvalue weighted by atomic mass is 32.2. The number of pyridine rings is 1. The maximum Gasteiger partial charge on any atom is 0.243 e. The Morgan fingerprint density at radius 2 is 1.82 bits per heavy atom. The normalized spacial score (nSPS) is 13.8. The number of aliphatic hydroxyl groups is 1. The molecule has 4 aromatic rings. The van der Waals surface area contributed by atoms with Gasteiger partial charge in [-0.2, -0.15) is 5.26 Å². The molecular weight excluding hydrogens is 512 g/mol. The predicted molar refractivity (Wildman–Crippen MR) is 137 cm³/mol. The van der Waals surface area contributed by atoms with Crippen LogP contribution in [0.1, 0.15) is 30.9 Å². The van der Waals surface area contributed by atoms with Crippen molar-refractivity contribution in [3.8, 4) is 34.8 Å². The monoisotopic (exact) mass is 538 g/mol. The summed E-state index contributed by atoms with van der Waals surface area (Å²) >= 11 is 0. The zero-order chi connectivity index (χ0) is 27.7. The molecule has 2 unspecified atom stereocenters. The van der Waals surface area contributed by atoms with E-state index in [1.165, 1.54) is 51.0 Å². The molecule has 0 fully saturated rings. The minimum atomic E-state index is -4.31. The molecule has 0 saturated carbocycles. The number of furan rings is 1. The van der Waals surface area contributed by atoms with E-state index < -0.39 is 20.9 Å². The van der Waals surface area contributed by atoms with Gasteiger partial charge >= 0.3 is 0 Å². The van der Waals surface area contributed by atoms with Gasteiger partial charge in [0.15, 0.2) is 5.76 Å². The van der Waals surface area contributed by atoms with E-state index in [-0.39, 0.29) is 23.0 Å². The first kappa shape index (κ1) is 26.6. The number of anilines is 1. The number of hydrogen-bond donors (Lipinski definition) is 2. The Bertz CT molecular complexity index is 1580. The Hall–Kier alpha value is -4.41. The maximum atomic E-state index is 13.6. The molecule has 0 amide bonds. The van der Waals surface area contributed by atoms with Crippen molar-refractivity contribution in [2.24, 2.45) is 0 Å². The SMILES string of the molecule is COc1cccc(OC)c1-n1c(NS(=O)(=O)C(C)C(C)(O)c2ccc(C#N)cn2)nnc1-c1ccc(C)o1. The zero-order valence-corrected chi connectivity index (χ0v) is 22.1. The van der Waals surface area contributed by atoms with E-state index in [0.29, 0.717) is 28.7 Å². The van der Waals surface area contributed by atoms with Crippen molar-refractivity contribution in [1.29, 1.82) is 5.26 Å². The molecule has 1 aromatic carbocycles. The molecule has 0 radical (unpaired) electrons. The van der Waals surface area contributed by atoms with Gasteiger partial charge in [0, 0.05) is 6.20 Å². The molecule has 0 aliphatic heterocycles. The Kier molecular flexibility index (Phi) is 7.12. The molecule has 38 heavy (non-hydrogen) atoms. The predicted octanol–water partition coefficient (Wildman–Crippen LogP) is 3.16. The summed E-state index contributed by atoms with van der Waals surface area (Å²) in [5, 5.41) is 27.1. The number of para-hydroxylation sites is 1. The number of nitriles is 1. The van der Waals surface area contributed by atoms with Gasteiger partial charge in [-0.3, -0.25) is 14.3 Å². The van der Waals surface area contributed by atoms with E-state index in [4.69, 9.17) is 19.2 Å². The number of benzene rings is 1. The standard InChI is InChI=1S/C25H26N6O6S/c1-15-9-11-20(37-15)23-28-29-24(31(23)22-18(35-4)7-6-8-19(22)36-5)30-38(33,34)16(2)25(3,32)21-12-10-17(13-26)14-27-21/h6-12,14,16,32H,1-5H3,(H,29,30). The zero-order valence-electron chi connectivity index (χ0n) is 21.3. The summed E-state index contributed by atoms with van der Waals surface area (Å²) in [5.41, 5.74) is -1.24. The molecule has 2 atom stereocenters. The number of ether oxygens (including phenoxy) is 2. The summed E-state index contributed by atoms with van der Waals surface area (Å²) in [4.78, 5) is 4.08. The highest BCUT2D eigenvalue weighted by Crippen LogP contribution is 2.38. The summed E-state index contributed by atoms with van der Waals surface area (Å²) < 4.78 is 47.8. The smallest absolute Gasteiger partial charge is 0.243 e. The molecule has 0 aliphatic carbocycles. The largest absolute Gasteiger partial charge is 0.494 e. The highest BCUT2D eigenvalue weighted by Gasteiger charge is 2.41. The van der Waals surface area contributed by atoms with Crippen LogP contribution in [0, 0.1) is 18.3 Å². The van der Waals surface area contributed by atoms with Crippen molar-refractivity contribution in [1.82, 2.24) is 19.7 Å². The van der Waals surface area contributed by atoms with Crippen LogP contribution in [0.3, 0.4) is 0 Å². The summed E-state index contributed by atoms with van der Waals surface area (Å²) in [6.07, 6.45) is 1.26. The average molecular weight is 539 g/mol. The van der Waals surface area contributed by atoms with E-state index in [1.807, 2.05) is 6.07 Å². The van der Waals surface area contributed by atoms with Crippen LogP contribution in [0.4, 0.5) is 5.95 Å². The lowest BCUT2D eigenvalue weighted by Gasteiger charge is -2.29. The molecule has 0 saturated heterocycles. The van der Waals surface area contributed by atoms with E-state index in [0.717, 1.165) is 0 Å². The lowest BCUT2D eigenvalue weighted by atomic mass is 9.97. The van der Waals surface area contributed by atoms with Crippen LogP contribution in [0.25, 0.3) is 17.3 Å². The van der Waals surface area contributed by atoms with Gasteiger partial charge in [0.1, 0.15) is 39.9 Å². The fourth-order valence-electron chi connectivity index (χ4n) is 3.81. The Morgan fingerprint density at radius 3 is 2.34 bits per heavy atom. The lowest BCUT2D eigenvalue weighted by Crippen LogP contribution is -2.43. The number of nitrogens with one attached hydrogen (secondary N) is 1. The average Bonchev–Trinajstić information content (AvgIpc) is 3.52. The van der Waals surface area contributed by atoms with Crippen LogP contribution in [0.15, 0.2) is 53.1 Å². The van der Waals surface area contributed by atoms with Gasteiger partial charge in [0.05, 0.1) is 25.5 Å². The maximum absolute atomic E-state index is 13.6. The van der Waals surface area contributed by atoms with Crippen molar-refractivity contribution in [3.63, 3.8) is 0 Å². The van der Waals surface area contributed by atoms with Crippen LogP contribution < -0.4 is 14.2 Å². The topological polar surface area (TPSA) is 165 Å². The summed E-state index contributed by atoms with van der Waals surface area (Å²) in [6, 6.07) is 13.3. The van der Waals surface area contributed by atoms with Crippen molar-refractivity contribution in [2.45, 2.75) is 31.6 Å². The van der Waals surface area contributed by atoms with Gasteiger partial charge in [-0.1, -0.05) is 6.07 Å². The van der Waals surface area contributed by atoms with Gasteiger partial charge in [-0.15, -0.1) is 10.2 Å². The number of rotatable bonds is 9. The van der Waals surface area contributed by atoms with Crippen LogP contribution in [-0.2, 0) is 15.6 Å². The first-order valence-corrected chi connectivity index (χ1v) is 12.9. The van der Waals surface area contributed by atoms with Crippen LogP contribution in [-0.4, -0.2) is 52.7 Å². The van der Waals surface area contributed by atoms with E-state index in [2.05, 4.69) is 19.9 Å². The number of aryl methyl sites for hydroxylation is 1. The molecule has 3 aromatic heterocycles. The van der Waals surface area contributed by atoms with Crippen molar-refractivity contribution < 1.29 is 27.4 Å². The first-order chi connectivity index (χ1) is 18.0. The fourth-order valence-corrected chi connectivity index (χ4v) is 5.10. The molecule has 198 valence electrons. The third-order valence-electron chi connectivity index (χ3n) is 6.15. The fraction of sp³-hybridized carbons (Fsp3) is 0.280. The van der Waals surface area contributed by atoms with E-state index in [1.54, 1.807) is 37.3 Å². The molecule has 0 spiro atoms. The first-order valence-electron chi connectivity index (χ1n) is 11.4. The molecule has 4 rings (SSSR count). The van der Waals surface area contributed by atoms with Crippen LogP contribution in [0.2, 0.25) is 0 Å². The van der Waals surface area contributed by atoms with E-state index >= 15 is 0 Å². The van der Waals surface area contributed by atoms with Crippen molar-refractivity contribution in [2.75, 3.05) is 18.9 Å². The lowest BCUT2D eigenvalue weighted by molar-refractivity contribution is 0.0521. The third-order valence-corrected chi connectivity index (χ3v) is 8.01. The second kappa shape index (κ2) is 10.2. The second-order valence-electron chi connectivity index (χ2n) is 8.58. The van der Waals surface area contributed by atoms with Crippen molar-refractivity contribution >= 4 is 16.0 Å². The molecule has 13 heteroatoms. The Morgan fingerprint density at radius 1 is 1.13 bits per heavy atom. The van der Waals surface area contributed by atoms with Gasteiger partial charge in [-0.05, 0) is 57.2 Å². The molecule has 0 aliphatic rings. The quantitative estimate of drug-likeness (QED) is 0.323. The van der Waals surface area contributed by atoms with Crippen LogP contribution in [0.5, 0.6) is 11.5 Å². The summed E-state index contributed by atoms with van der Waals surface area (Å²) in [6.45, 7) is 4.43. The highest BCUT2D eigenvalue weighted by molar-refractivity contribution is 7.93. The molecular formula is C25H26N6O6S. The van der Waals surface area contributed by atoms with Gasteiger partial charge < -0.3 is 19.0 Å². The number of aromatic nitrogens is 4. The van der Waals surface area contributed by atoms with Gasteiger partial charge in [-0.25, -0.2) is 8.42 Å². The molecule has 0 bridgehead atoms. The Balaban J connectivity index is 1.83. The number of nitrogens with zero attached hydrogens (tertiary/aromatic N) is 5. The Labute approximate surface area is 219 Å². The van der Waals surface area contributed by atoms with Gasteiger partial charge in [0.2, 0.25) is 21.8 Å². The van der Waals surface area contributed by atoms with Gasteiger partial charge in [0.25, 0.3) is 0 Å². The third kappa shape index (κ3) is 4.79. The van der Waals surface area contributed by atoms with Crippen LogP contribution >= 0.6 is 0 Å². The number of methoxy groups -OCH3 is 2. The molecule has 3 heterocycles. The summed E-state index contributed by atoms with van der Waals surface area (Å²) in [5.74, 6) is 1.66. The molecule has 2 N–H and O–H groups in total. The number of sulfonamides is 1. The summed E-state index contributed by atoms with van der Waals surface area (Å²) in [7, 11) is -1.38. The number of hydrogen-bond acceptors (Lipinski definition) is 10.